The van der Waals surface area contributed by atoms with Crippen LogP contribution in [0.15, 0.2) is 29.4 Å². The van der Waals surface area contributed by atoms with E-state index in [1.807, 2.05) is 22.9 Å². The number of aryl methyl sites for hydroxylation is 1. The van der Waals surface area contributed by atoms with Crippen LogP contribution in [0.2, 0.25) is 0 Å². The predicted octanol–water partition coefficient (Wildman–Crippen LogP) is 2.49. The molecule has 0 saturated heterocycles. The standard InChI is InChI=1S/C13H16N4OS/c1-10-4-2-3-5-12(10)18-8-9-19-13-14-15-16-17(13)11-6-7-11/h2-5,11H,6-9H2,1H3. The molecular formula is C13H16N4OS. The van der Waals surface area contributed by atoms with E-state index in [9.17, 15) is 0 Å². The lowest BCUT2D eigenvalue weighted by Crippen LogP contribution is -2.04. The van der Waals surface area contributed by atoms with E-state index >= 15 is 0 Å². The number of nitrogens with zero attached hydrogens (tertiary/aromatic N) is 4. The molecule has 0 spiro atoms. The highest BCUT2D eigenvalue weighted by atomic mass is 32.2. The van der Waals surface area contributed by atoms with Gasteiger partial charge >= 0.3 is 0 Å². The molecule has 1 aliphatic rings. The van der Waals surface area contributed by atoms with Crippen LogP contribution in [0.3, 0.4) is 0 Å². The van der Waals surface area contributed by atoms with E-state index < -0.39 is 0 Å². The molecular weight excluding hydrogens is 260 g/mol. The number of tetrazole rings is 1. The summed E-state index contributed by atoms with van der Waals surface area (Å²) in [4.78, 5) is 0. The fourth-order valence-electron chi connectivity index (χ4n) is 1.83. The van der Waals surface area contributed by atoms with Gasteiger partial charge in [0.2, 0.25) is 5.16 Å². The Morgan fingerprint density at radius 1 is 1.37 bits per heavy atom. The predicted molar refractivity (Wildman–Crippen MR) is 73.5 cm³/mol. The maximum atomic E-state index is 5.75. The van der Waals surface area contributed by atoms with Crippen molar-refractivity contribution in [2.45, 2.75) is 31.0 Å². The molecule has 19 heavy (non-hydrogen) atoms. The number of para-hydroxylation sites is 1. The number of rotatable bonds is 6. The zero-order valence-electron chi connectivity index (χ0n) is 10.8. The van der Waals surface area contributed by atoms with Crippen molar-refractivity contribution in [2.75, 3.05) is 12.4 Å². The molecule has 0 radical (unpaired) electrons. The van der Waals surface area contributed by atoms with Gasteiger partial charge in [-0.2, -0.15) is 0 Å². The number of thioether (sulfide) groups is 1. The summed E-state index contributed by atoms with van der Waals surface area (Å²) in [7, 11) is 0. The van der Waals surface area contributed by atoms with Crippen LogP contribution in [0.5, 0.6) is 5.75 Å². The topological polar surface area (TPSA) is 52.8 Å². The molecule has 0 N–H and O–H groups in total. The van der Waals surface area contributed by atoms with E-state index in [-0.39, 0.29) is 0 Å². The molecule has 3 rings (SSSR count). The van der Waals surface area contributed by atoms with Gasteiger partial charge < -0.3 is 4.74 Å². The lowest BCUT2D eigenvalue weighted by molar-refractivity contribution is 0.341. The first-order valence-corrected chi connectivity index (χ1v) is 7.42. The summed E-state index contributed by atoms with van der Waals surface area (Å²) in [5.41, 5.74) is 1.16. The van der Waals surface area contributed by atoms with E-state index in [0.717, 1.165) is 22.2 Å². The molecule has 0 atom stereocenters. The van der Waals surface area contributed by atoms with Gasteiger partial charge in [-0.1, -0.05) is 30.0 Å². The highest BCUT2D eigenvalue weighted by molar-refractivity contribution is 7.99. The number of benzene rings is 1. The Morgan fingerprint density at radius 3 is 3.00 bits per heavy atom. The Hall–Kier alpha value is -1.56. The van der Waals surface area contributed by atoms with Crippen molar-refractivity contribution < 1.29 is 4.74 Å². The molecule has 1 aliphatic carbocycles. The molecule has 0 bridgehead atoms. The van der Waals surface area contributed by atoms with Gasteiger partial charge in [0.15, 0.2) is 0 Å². The van der Waals surface area contributed by atoms with Crippen LogP contribution in [-0.4, -0.2) is 32.6 Å². The number of ether oxygens (including phenoxy) is 1. The Morgan fingerprint density at radius 2 is 2.21 bits per heavy atom. The zero-order chi connectivity index (χ0) is 13.1. The smallest absolute Gasteiger partial charge is 0.209 e. The molecule has 6 heteroatoms. The zero-order valence-corrected chi connectivity index (χ0v) is 11.6. The largest absolute Gasteiger partial charge is 0.492 e. The van der Waals surface area contributed by atoms with Gasteiger partial charge in [-0.3, -0.25) is 0 Å². The van der Waals surface area contributed by atoms with Crippen molar-refractivity contribution in [3.05, 3.63) is 29.8 Å². The monoisotopic (exact) mass is 276 g/mol. The van der Waals surface area contributed by atoms with Crippen molar-refractivity contribution in [1.82, 2.24) is 20.2 Å². The maximum absolute atomic E-state index is 5.75. The third-order valence-electron chi connectivity index (χ3n) is 3.02. The molecule has 0 amide bonds. The number of aromatic nitrogens is 4. The molecule has 1 fully saturated rings. The van der Waals surface area contributed by atoms with E-state index in [2.05, 4.69) is 28.5 Å². The SMILES string of the molecule is Cc1ccccc1OCCSc1nnnn1C1CC1. The maximum Gasteiger partial charge on any atom is 0.209 e. The minimum absolute atomic E-state index is 0.523. The van der Waals surface area contributed by atoms with Crippen molar-refractivity contribution in [3.63, 3.8) is 0 Å². The summed E-state index contributed by atoms with van der Waals surface area (Å²) < 4.78 is 7.68. The van der Waals surface area contributed by atoms with Crippen molar-refractivity contribution in [3.8, 4) is 5.75 Å². The second-order valence-corrected chi connectivity index (χ2v) is 5.66. The molecule has 2 aromatic rings. The van der Waals surface area contributed by atoms with Crippen molar-refractivity contribution in [2.24, 2.45) is 0 Å². The first kappa shape index (κ1) is 12.5. The molecule has 100 valence electrons. The van der Waals surface area contributed by atoms with Gasteiger partial charge in [0.05, 0.1) is 12.6 Å². The van der Waals surface area contributed by atoms with Crippen molar-refractivity contribution >= 4 is 11.8 Å². The van der Waals surface area contributed by atoms with E-state index in [4.69, 9.17) is 4.74 Å². The van der Waals surface area contributed by atoms with Crippen LogP contribution in [0.25, 0.3) is 0 Å². The molecule has 1 heterocycles. The summed E-state index contributed by atoms with van der Waals surface area (Å²) in [6.07, 6.45) is 2.39. The minimum Gasteiger partial charge on any atom is -0.492 e. The van der Waals surface area contributed by atoms with Crippen LogP contribution < -0.4 is 4.74 Å². The normalized spacial score (nSPS) is 14.6. The summed E-state index contributed by atoms with van der Waals surface area (Å²) in [6.45, 7) is 2.71. The Bertz CT molecular complexity index is 553. The van der Waals surface area contributed by atoms with Crippen LogP contribution in [0.1, 0.15) is 24.4 Å². The highest BCUT2D eigenvalue weighted by Gasteiger charge is 2.27. The molecule has 0 aliphatic heterocycles. The fourth-order valence-corrected chi connectivity index (χ4v) is 2.59. The van der Waals surface area contributed by atoms with Crippen LogP contribution in [0, 0.1) is 6.92 Å². The third kappa shape index (κ3) is 3.07. The van der Waals surface area contributed by atoms with Crippen molar-refractivity contribution in [1.29, 1.82) is 0 Å². The second-order valence-electron chi connectivity index (χ2n) is 4.60. The Labute approximate surface area is 116 Å². The van der Waals surface area contributed by atoms with Gasteiger partial charge in [-0.15, -0.1) is 5.10 Å². The molecule has 0 unspecified atom stereocenters. The average Bonchev–Trinajstić information content (AvgIpc) is 3.16. The average molecular weight is 276 g/mol. The lowest BCUT2D eigenvalue weighted by atomic mass is 10.2. The van der Waals surface area contributed by atoms with Gasteiger partial charge in [0.25, 0.3) is 0 Å². The summed E-state index contributed by atoms with van der Waals surface area (Å²) in [6, 6.07) is 8.57. The quantitative estimate of drug-likeness (QED) is 0.599. The van der Waals surface area contributed by atoms with E-state index in [1.54, 1.807) is 11.8 Å². The first-order valence-electron chi connectivity index (χ1n) is 6.43. The van der Waals surface area contributed by atoms with E-state index in [0.29, 0.717) is 12.6 Å². The van der Waals surface area contributed by atoms with Gasteiger partial charge in [-0.05, 0) is 41.8 Å². The molecule has 5 nitrogen and oxygen atoms in total. The minimum atomic E-state index is 0.523. The summed E-state index contributed by atoms with van der Waals surface area (Å²) >= 11 is 1.65. The molecule has 1 saturated carbocycles. The molecule has 1 aromatic heterocycles. The third-order valence-corrected chi connectivity index (χ3v) is 3.92. The Kier molecular flexibility index (Phi) is 3.68. The van der Waals surface area contributed by atoms with Crippen LogP contribution in [0.4, 0.5) is 0 Å². The Balaban J connectivity index is 1.48. The van der Waals surface area contributed by atoms with Crippen LogP contribution >= 0.6 is 11.8 Å². The fraction of sp³-hybridized carbons (Fsp3) is 0.462. The molecule has 1 aromatic carbocycles. The van der Waals surface area contributed by atoms with Crippen LogP contribution in [-0.2, 0) is 0 Å². The first-order chi connectivity index (χ1) is 9.34. The highest BCUT2D eigenvalue weighted by Crippen LogP contribution is 2.36. The summed E-state index contributed by atoms with van der Waals surface area (Å²) in [5.74, 6) is 1.80. The van der Waals surface area contributed by atoms with E-state index in [1.165, 1.54) is 12.8 Å². The van der Waals surface area contributed by atoms with Gasteiger partial charge in [-0.25, -0.2) is 4.68 Å². The number of hydrogen-bond acceptors (Lipinski definition) is 5. The number of hydrogen-bond donors (Lipinski definition) is 0. The summed E-state index contributed by atoms with van der Waals surface area (Å²) in [5, 5.41) is 12.7. The lowest BCUT2D eigenvalue weighted by Gasteiger charge is -2.08. The van der Waals surface area contributed by atoms with Gasteiger partial charge in [0.1, 0.15) is 5.75 Å². The van der Waals surface area contributed by atoms with Gasteiger partial charge in [0, 0.05) is 5.75 Å². The second kappa shape index (κ2) is 5.61.